The van der Waals surface area contributed by atoms with Crippen LogP contribution in [0.1, 0.15) is 0 Å². The van der Waals surface area contributed by atoms with E-state index in [9.17, 15) is 13.2 Å². The lowest BCUT2D eigenvalue weighted by atomic mass is 10.3. The molecule has 0 saturated carbocycles. The molecule has 3 N–H and O–H groups in total. The van der Waals surface area contributed by atoms with Crippen LogP contribution in [0.25, 0.3) is 0 Å². The summed E-state index contributed by atoms with van der Waals surface area (Å²) >= 11 is 5.79. The number of hydrogen-bond donors (Lipinski definition) is 2. The molecule has 3 rings (SSSR count). The van der Waals surface area contributed by atoms with Gasteiger partial charge in [-0.25, -0.2) is 13.1 Å². The minimum absolute atomic E-state index is 0.0457. The highest BCUT2D eigenvalue weighted by molar-refractivity contribution is 7.91. The third-order valence-electron chi connectivity index (χ3n) is 3.47. The number of nitrogens with two attached hydrogens (primary N) is 1. The lowest BCUT2D eigenvalue weighted by Crippen LogP contribution is -2.21. The van der Waals surface area contributed by atoms with E-state index in [-0.39, 0.29) is 22.3 Å². The Morgan fingerprint density at radius 3 is 2.42 bits per heavy atom. The SMILES string of the molecule is Nc1c(S(=O)(=O)c2ccccc2)nnn1CC(=O)Nc1ccc(Cl)cc1. The van der Waals surface area contributed by atoms with Gasteiger partial charge < -0.3 is 11.1 Å². The number of sulfone groups is 1. The molecule has 0 spiro atoms. The van der Waals surface area contributed by atoms with E-state index in [1.165, 1.54) is 12.1 Å². The molecule has 0 radical (unpaired) electrons. The maximum absolute atomic E-state index is 12.6. The number of carbonyl (C=O) groups is 1. The molecule has 1 heterocycles. The van der Waals surface area contributed by atoms with Crippen molar-refractivity contribution in [1.82, 2.24) is 15.0 Å². The maximum atomic E-state index is 12.6. The summed E-state index contributed by atoms with van der Waals surface area (Å²) in [6.07, 6.45) is 0. The van der Waals surface area contributed by atoms with E-state index < -0.39 is 15.7 Å². The maximum Gasteiger partial charge on any atom is 0.246 e. The molecule has 0 aliphatic carbocycles. The molecule has 0 saturated heterocycles. The number of carbonyl (C=O) groups excluding carboxylic acids is 1. The second-order valence-corrected chi connectivity index (χ2v) is 7.61. The van der Waals surface area contributed by atoms with Crippen molar-refractivity contribution in [3.63, 3.8) is 0 Å². The van der Waals surface area contributed by atoms with E-state index in [2.05, 4.69) is 15.6 Å². The van der Waals surface area contributed by atoms with E-state index in [4.69, 9.17) is 17.3 Å². The highest BCUT2D eigenvalue weighted by atomic mass is 35.5. The number of nitrogens with zero attached hydrogens (tertiary/aromatic N) is 3. The van der Waals surface area contributed by atoms with Crippen molar-refractivity contribution < 1.29 is 13.2 Å². The molecule has 0 aliphatic heterocycles. The molecule has 10 heteroatoms. The number of hydrogen-bond acceptors (Lipinski definition) is 6. The fourth-order valence-corrected chi connectivity index (χ4v) is 3.58. The Morgan fingerprint density at radius 1 is 1.12 bits per heavy atom. The number of anilines is 2. The van der Waals surface area contributed by atoms with Gasteiger partial charge in [-0.3, -0.25) is 4.79 Å². The van der Waals surface area contributed by atoms with Crippen LogP contribution in [0, 0.1) is 0 Å². The summed E-state index contributed by atoms with van der Waals surface area (Å²) in [5.74, 6) is -0.646. The smallest absolute Gasteiger partial charge is 0.246 e. The van der Waals surface area contributed by atoms with Crippen molar-refractivity contribution in [1.29, 1.82) is 0 Å². The van der Waals surface area contributed by atoms with E-state index in [0.717, 1.165) is 4.68 Å². The Kier molecular flexibility index (Phi) is 4.92. The standard InChI is InChI=1S/C16H14ClN5O3S/c17-11-6-8-12(9-7-11)19-14(23)10-22-15(18)16(20-21-22)26(24,25)13-4-2-1-3-5-13/h1-9H,10,18H2,(H,19,23). The van der Waals surface area contributed by atoms with E-state index in [0.29, 0.717) is 10.7 Å². The van der Waals surface area contributed by atoms with Gasteiger partial charge in [0.15, 0.2) is 5.82 Å². The molecule has 3 aromatic rings. The Hall–Kier alpha value is -2.91. The predicted octanol–water partition coefficient (Wildman–Crippen LogP) is 1.99. The largest absolute Gasteiger partial charge is 0.381 e. The first-order valence-corrected chi connectivity index (χ1v) is 9.28. The number of benzene rings is 2. The van der Waals surface area contributed by atoms with Crippen molar-refractivity contribution in [3.8, 4) is 0 Å². The van der Waals surface area contributed by atoms with Gasteiger partial charge in [-0.15, -0.1) is 5.10 Å². The van der Waals surface area contributed by atoms with Crippen molar-refractivity contribution in [2.24, 2.45) is 0 Å². The van der Waals surface area contributed by atoms with Gasteiger partial charge in [-0.05, 0) is 36.4 Å². The number of aromatic nitrogens is 3. The summed E-state index contributed by atoms with van der Waals surface area (Å²) in [5.41, 5.74) is 6.39. The second-order valence-electron chi connectivity index (χ2n) is 5.31. The van der Waals surface area contributed by atoms with Crippen LogP contribution in [0.15, 0.2) is 64.5 Å². The molecule has 0 fully saturated rings. The molecule has 0 bridgehead atoms. The molecule has 0 unspecified atom stereocenters. The summed E-state index contributed by atoms with van der Waals surface area (Å²) in [6, 6.07) is 14.3. The quantitative estimate of drug-likeness (QED) is 0.686. The van der Waals surface area contributed by atoms with Gasteiger partial charge in [0.1, 0.15) is 6.54 Å². The first kappa shape index (κ1) is 17.9. The molecule has 0 atom stereocenters. The average Bonchev–Trinajstić information content (AvgIpc) is 2.99. The van der Waals surface area contributed by atoms with Crippen molar-refractivity contribution in [2.45, 2.75) is 16.5 Å². The minimum atomic E-state index is -3.91. The van der Waals surface area contributed by atoms with Crippen molar-refractivity contribution >= 4 is 38.9 Å². The van der Waals surface area contributed by atoms with Crippen LogP contribution >= 0.6 is 11.6 Å². The van der Waals surface area contributed by atoms with Gasteiger partial charge >= 0.3 is 0 Å². The van der Waals surface area contributed by atoms with Crippen LogP contribution in [-0.2, 0) is 21.2 Å². The summed E-state index contributed by atoms with van der Waals surface area (Å²) < 4.78 is 26.2. The van der Waals surface area contributed by atoms with Gasteiger partial charge in [0.25, 0.3) is 0 Å². The van der Waals surface area contributed by atoms with Gasteiger partial charge in [0.2, 0.25) is 20.8 Å². The van der Waals surface area contributed by atoms with Gasteiger partial charge in [0, 0.05) is 10.7 Å². The number of nitrogens with one attached hydrogen (secondary N) is 1. The number of amides is 1. The Morgan fingerprint density at radius 2 is 1.77 bits per heavy atom. The molecule has 26 heavy (non-hydrogen) atoms. The van der Waals surface area contributed by atoms with Crippen molar-refractivity contribution in [2.75, 3.05) is 11.1 Å². The van der Waals surface area contributed by atoms with E-state index in [1.54, 1.807) is 42.5 Å². The molecule has 1 amide bonds. The van der Waals surface area contributed by atoms with Crippen LogP contribution in [0.3, 0.4) is 0 Å². The Balaban J connectivity index is 1.79. The predicted molar refractivity (Wildman–Crippen MR) is 96.4 cm³/mol. The third kappa shape index (κ3) is 3.68. The second kappa shape index (κ2) is 7.14. The van der Waals surface area contributed by atoms with Gasteiger partial charge in [0.05, 0.1) is 4.90 Å². The highest BCUT2D eigenvalue weighted by Crippen LogP contribution is 2.23. The number of rotatable bonds is 5. The van der Waals surface area contributed by atoms with Crippen LogP contribution in [0.2, 0.25) is 5.02 Å². The fraction of sp³-hybridized carbons (Fsp3) is 0.0625. The highest BCUT2D eigenvalue weighted by Gasteiger charge is 2.26. The van der Waals surface area contributed by atoms with Gasteiger partial charge in [-0.1, -0.05) is 35.0 Å². The molecule has 0 aliphatic rings. The van der Waals surface area contributed by atoms with Crippen LogP contribution in [-0.4, -0.2) is 29.3 Å². The summed E-state index contributed by atoms with van der Waals surface area (Å²) in [4.78, 5) is 12.2. The summed E-state index contributed by atoms with van der Waals surface area (Å²) in [7, 11) is -3.91. The molecular weight excluding hydrogens is 378 g/mol. The zero-order valence-corrected chi connectivity index (χ0v) is 14.9. The molecule has 1 aromatic heterocycles. The summed E-state index contributed by atoms with van der Waals surface area (Å²) in [6.45, 7) is -0.286. The van der Waals surface area contributed by atoms with Gasteiger partial charge in [-0.2, -0.15) is 0 Å². The van der Waals surface area contributed by atoms with E-state index >= 15 is 0 Å². The molecule has 8 nitrogen and oxygen atoms in total. The lowest BCUT2D eigenvalue weighted by molar-refractivity contribution is -0.116. The van der Waals surface area contributed by atoms with Crippen LogP contribution < -0.4 is 11.1 Å². The van der Waals surface area contributed by atoms with Crippen molar-refractivity contribution in [3.05, 3.63) is 59.6 Å². The van der Waals surface area contributed by atoms with Crippen LogP contribution in [0.4, 0.5) is 11.5 Å². The average molecular weight is 392 g/mol. The molecule has 134 valence electrons. The molecular formula is C16H14ClN5O3S. The number of nitrogen functional groups attached to an aromatic ring is 1. The Labute approximate surface area is 154 Å². The third-order valence-corrected chi connectivity index (χ3v) is 5.41. The fourth-order valence-electron chi connectivity index (χ4n) is 2.19. The lowest BCUT2D eigenvalue weighted by Gasteiger charge is -2.06. The Bertz CT molecular complexity index is 1030. The first-order valence-electron chi connectivity index (χ1n) is 7.42. The van der Waals surface area contributed by atoms with Crippen LogP contribution in [0.5, 0.6) is 0 Å². The first-order chi connectivity index (χ1) is 12.4. The zero-order chi connectivity index (χ0) is 18.7. The number of halogens is 1. The zero-order valence-electron chi connectivity index (χ0n) is 13.3. The normalized spacial score (nSPS) is 11.3. The van der Waals surface area contributed by atoms with E-state index in [1.807, 2.05) is 0 Å². The summed E-state index contributed by atoms with van der Waals surface area (Å²) in [5, 5.41) is 10.1. The molecule has 2 aromatic carbocycles. The monoisotopic (exact) mass is 391 g/mol. The minimum Gasteiger partial charge on any atom is -0.381 e. The topological polar surface area (TPSA) is 120 Å².